The van der Waals surface area contributed by atoms with Crippen molar-refractivity contribution in [2.75, 3.05) is 18.0 Å². The van der Waals surface area contributed by atoms with Gasteiger partial charge in [0.2, 0.25) is 0 Å². The van der Waals surface area contributed by atoms with Gasteiger partial charge >= 0.3 is 6.09 Å². The molecule has 0 atom stereocenters. The van der Waals surface area contributed by atoms with Crippen LogP contribution in [0.5, 0.6) is 0 Å². The van der Waals surface area contributed by atoms with Gasteiger partial charge in [0.15, 0.2) is 0 Å². The van der Waals surface area contributed by atoms with Gasteiger partial charge in [-0.05, 0) is 57.4 Å². The average molecular weight is 483 g/mol. The summed E-state index contributed by atoms with van der Waals surface area (Å²) in [6, 6.07) is 8.92. The lowest BCUT2D eigenvalue weighted by molar-refractivity contribution is -0.125. The van der Waals surface area contributed by atoms with Gasteiger partial charge in [-0.25, -0.2) is 19.8 Å². The average Bonchev–Trinajstić information content (AvgIpc) is 3.27. The van der Waals surface area contributed by atoms with E-state index in [9.17, 15) is 9.59 Å². The zero-order valence-corrected chi connectivity index (χ0v) is 20.1. The fourth-order valence-corrected chi connectivity index (χ4v) is 4.03. The number of amides is 2. The van der Waals surface area contributed by atoms with E-state index in [1.807, 2.05) is 12.3 Å². The molecule has 4 rings (SSSR count). The molecule has 1 saturated heterocycles. The SMILES string of the molecule is CC(C)(C)OC(=O)NC1(C(=O)N=Cc2ccc(Cl)cc2)CCN(c2ncnc3[nH]ccc23)CC1. The van der Waals surface area contributed by atoms with Gasteiger partial charge in [-0.1, -0.05) is 23.7 Å². The van der Waals surface area contributed by atoms with Gasteiger partial charge in [0.1, 0.15) is 28.9 Å². The summed E-state index contributed by atoms with van der Waals surface area (Å²) in [6.07, 6.45) is 4.85. The second kappa shape index (κ2) is 9.42. The van der Waals surface area contributed by atoms with Crippen LogP contribution in [0.15, 0.2) is 47.8 Å². The first kappa shape index (κ1) is 23.7. The Balaban J connectivity index is 1.56. The number of carbonyl (C=O) groups is 2. The predicted molar refractivity (Wildman–Crippen MR) is 131 cm³/mol. The van der Waals surface area contributed by atoms with Crippen LogP contribution >= 0.6 is 11.6 Å². The number of aromatic amines is 1. The lowest BCUT2D eigenvalue weighted by Gasteiger charge is -2.40. The van der Waals surface area contributed by atoms with Crippen molar-refractivity contribution < 1.29 is 14.3 Å². The second-order valence-electron chi connectivity index (χ2n) is 9.25. The fraction of sp³-hybridized carbons (Fsp3) is 0.375. The van der Waals surface area contributed by atoms with Crippen molar-refractivity contribution in [2.45, 2.75) is 44.8 Å². The fourth-order valence-electron chi connectivity index (χ4n) is 3.91. The number of halogens is 1. The monoisotopic (exact) mass is 482 g/mol. The van der Waals surface area contributed by atoms with Crippen LogP contribution < -0.4 is 10.2 Å². The van der Waals surface area contributed by atoms with Crippen molar-refractivity contribution in [3.05, 3.63) is 53.4 Å². The number of hydrogen-bond acceptors (Lipinski definition) is 6. The highest BCUT2D eigenvalue weighted by Crippen LogP contribution is 2.30. The number of carbonyl (C=O) groups excluding carboxylic acids is 2. The molecule has 0 unspecified atom stereocenters. The normalized spacial score (nSPS) is 16.1. The van der Waals surface area contributed by atoms with E-state index in [0.29, 0.717) is 31.0 Å². The molecule has 0 radical (unpaired) electrons. The van der Waals surface area contributed by atoms with E-state index >= 15 is 0 Å². The van der Waals surface area contributed by atoms with E-state index < -0.39 is 23.1 Å². The first-order chi connectivity index (χ1) is 16.2. The van der Waals surface area contributed by atoms with E-state index in [1.165, 1.54) is 12.5 Å². The van der Waals surface area contributed by atoms with Crippen LogP contribution in [-0.2, 0) is 9.53 Å². The van der Waals surface area contributed by atoms with E-state index in [4.69, 9.17) is 16.3 Å². The first-order valence-electron chi connectivity index (χ1n) is 11.0. The minimum absolute atomic E-state index is 0.346. The van der Waals surface area contributed by atoms with Crippen molar-refractivity contribution in [3.8, 4) is 0 Å². The molecule has 3 aromatic rings. The third-order valence-electron chi connectivity index (χ3n) is 5.60. The summed E-state index contributed by atoms with van der Waals surface area (Å²) in [6.45, 7) is 6.32. The lowest BCUT2D eigenvalue weighted by atomic mass is 9.86. The molecule has 1 fully saturated rings. The van der Waals surface area contributed by atoms with Crippen molar-refractivity contribution in [2.24, 2.45) is 4.99 Å². The highest BCUT2D eigenvalue weighted by Gasteiger charge is 2.44. The number of aromatic nitrogens is 3. The molecular formula is C24H27ClN6O3. The summed E-state index contributed by atoms with van der Waals surface area (Å²) in [5, 5.41) is 4.33. The van der Waals surface area contributed by atoms with Crippen molar-refractivity contribution in [3.63, 3.8) is 0 Å². The molecule has 2 aromatic heterocycles. The lowest BCUT2D eigenvalue weighted by Crippen LogP contribution is -2.60. The maximum Gasteiger partial charge on any atom is 0.408 e. The topological polar surface area (TPSA) is 113 Å². The third kappa shape index (κ3) is 5.36. The number of anilines is 1. The molecule has 10 heteroatoms. The van der Waals surface area contributed by atoms with E-state index in [2.05, 4.69) is 30.2 Å². The highest BCUT2D eigenvalue weighted by atomic mass is 35.5. The van der Waals surface area contributed by atoms with Crippen molar-refractivity contribution in [1.82, 2.24) is 20.3 Å². The largest absolute Gasteiger partial charge is 0.444 e. The molecule has 1 aromatic carbocycles. The van der Waals surface area contributed by atoms with Crippen molar-refractivity contribution in [1.29, 1.82) is 0 Å². The Hall–Kier alpha value is -3.46. The Morgan fingerprint density at radius 3 is 2.56 bits per heavy atom. The molecule has 0 spiro atoms. The van der Waals surface area contributed by atoms with E-state index in [1.54, 1.807) is 45.0 Å². The van der Waals surface area contributed by atoms with Crippen LogP contribution in [0.3, 0.4) is 0 Å². The second-order valence-corrected chi connectivity index (χ2v) is 9.68. The van der Waals surface area contributed by atoms with Gasteiger partial charge in [-0.15, -0.1) is 0 Å². The molecule has 2 N–H and O–H groups in total. The number of fused-ring (bicyclic) bond motifs is 1. The predicted octanol–water partition coefficient (Wildman–Crippen LogP) is 4.12. The number of H-pyrrole nitrogens is 1. The van der Waals surface area contributed by atoms with E-state index in [-0.39, 0.29) is 0 Å². The Morgan fingerprint density at radius 2 is 1.88 bits per heavy atom. The molecule has 1 aliphatic heterocycles. The number of aliphatic imine (C=N–C) groups is 1. The number of rotatable bonds is 4. The molecule has 34 heavy (non-hydrogen) atoms. The molecule has 0 aliphatic carbocycles. The summed E-state index contributed by atoms with van der Waals surface area (Å²) < 4.78 is 5.44. The summed E-state index contributed by atoms with van der Waals surface area (Å²) in [7, 11) is 0. The van der Waals surface area contributed by atoms with Crippen LogP contribution in [0.25, 0.3) is 11.0 Å². The van der Waals surface area contributed by atoms with Gasteiger partial charge in [0, 0.05) is 30.5 Å². The summed E-state index contributed by atoms with van der Waals surface area (Å²) in [5.74, 6) is 0.358. The summed E-state index contributed by atoms with van der Waals surface area (Å²) in [5.41, 5.74) is -0.398. The smallest absolute Gasteiger partial charge is 0.408 e. The number of nitrogens with zero attached hydrogens (tertiary/aromatic N) is 4. The number of ether oxygens (including phenoxy) is 1. The zero-order chi connectivity index (χ0) is 24.3. The third-order valence-corrected chi connectivity index (χ3v) is 5.85. The molecule has 3 heterocycles. The molecule has 0 saturated carbocycles. The Kier molecular flexibility index (Phi) is 6.56. The van der Waals surface area contributed by atoms with E-state index in [0.717, 1.165) is 22.4 Å². The number of hydrogen-bond donors (Lipinski definition) is 2. The summed E-state index contributed by atoms with van der Waals surface area (Å²) in [4.78, 5) is 44.0. The maximum atomic E-state index is 13.3. The van der Waals surface area contributed by atoms with Crippen LogP contribution in [0.2, 0.25) is 5.02 Å². The van der Waals surface area contributed by atoms with Crippen molar-refractivity contribution >= 4 is 46.7 Å². The molecule has 178 valence electrons. The van der Waals surface area contributed by atoms with Crippen LogP contribution in [0.4, 0.5) is 10.6 Å². The molecule has 1 aliphatic rings. The van der Waals surface area contributed by atoms with Crippen LogP contribution in [-0.4, -0.2) is 57.4 Å². The maximum absolute atomic E-state index is 13.3. The Labute approximate surface area is 202 Å². The van der Waals surface area contributed by atoms with Crippen LogP contribution in [0, 0.1) is 0 Å². The number of nitrogens with one attached hydrogen (secondary N) is 2. The minimum Gasteiger partial charge on any atom is -0.444 e. The van der Waals surface area contributed by atoms with Gasteiger partial charge < -0.3 is 19.9 Å². The Bertz CT molecular complexity index is 1210. The Morgan fingerprint density at radius 1 is 1.18 bits per heavy atom. The van der Waals surface area contributed by atoms with Gasteiger partial charge in [-0.3, -0.25) is 4.79 Å². The van der Waals surface area contributed by atoms with Crippen LogP contribution in [0.1, 0.15) is 39.2 Å². The first-order valence-corrected chi connectivity index (χ1v) is 11.4. The zero-order valence-electron chi connectivity index (χ0n) is 19.3. The summed E-state index contributed by atoms with van der Waals surface area (Å²) >= 11 is 5.93. The minimum atomic E-state index is -1.19. The van der Waals surface area contributed by atoms with Gasteiger partial charge in [0.25, 0.3) is 5.91 Å². The molecular weight excluding hydrogens is 456 g/mol. The number of piperidine rings is 1. The molecule has 0 bridgehead atoms. The standard InChI is InChI=1S/C24H27ClN6O3/c1-23(2,3)34-22(33)30-24(21(32)27-14-16-4-6-17(25)7-5-16)9-12-31(13-10-24)20-18-8-11-26-19(18)28-15-29-20/h4-8,11,14-15H,9-10,12-13H2,1-3H3,(H,30,33)(H,26,28,29). The van der Waals surface area contributed by atoms with Gasteiger partial charge in [-0.2, -0.15) is 0 Å². The number of alkyl carbamates (subject to hydrolysis) is 1. The molecule has 9 nitrogen and oxygen atoms in total. The van der Waals surface area contributed by atoms with Gasteiger partial charge in [0.05, 0.1) is 5.39 Å². The highest BCUT2D eigenvalue weighted by molar-refractivity contribution is 6.30. The number of benzene rings is 1. The molecule has 2 amide bonds. The quantitative estimate of drug-likeness (QED) is 0.541.